The molecule has 126 valence electrons. The van der Waals surface area contributed by atoms with Crippen molar-refractivity contribution in [3.8, 4) is 0 Å². The normalized spacial score (nSPS) is 10.4. The average molecular weight is 357 g/mol. The number of hydrogen-bond acceptors (Lipinski definition) is 4. The summed E-state index contributed by atoms with van der Waals surface area (Å²) in [4.78, 5) is 22.6. The van der Waals surface area contributed by atoms with Gasteiger partial charge in [0.15, 0.2) is 0 Å². The third-order valence-electron chi connectivity index (χ3n) is 3.50. The van der Waals surface area contributed by atoms with Crippen LogP contribution in [0.25, 0.3) is 0 Å². The summed E-state index contributed by atoms with van der Waals surface area (Å²) in [6, 6.07) is 14.5. The summed E-state index contributed by atoms with van der Waals surface area (Å²) >= 11 is 5.98. The number of aromatic nitrogens is 2. The SMILES string of the molecule is O=C(Nc1ccnn1Cc1cccc(Cl)c1)c1cccc([N+](=O)[O-])c1. The van der Waals surface area contributed by atoms with Crippen molar-refractivity contribution in [2.75, 3.05) is 5.32 Å². The van der Waals surface area contributed by atoms with Gasteiger partial charge in [-0.15, -0.1) is 0 Å². The monoisotopic (exact) mass is 356 g/mol. The van der Waals surface area contributed by atoms with Crippen LogP contribution in [0.3, 0.4) is 0 Å². The zero-order valence-corrected chi connectivity index (χ0v) is 13.7. The van der Waals surface area contributed by atoms with Crippen LogP contribution in [0.15, 0.2) is 60.8 Å². The molecule has 0 saturated carbocycles. The molecule has 1 heterocycles. The largest absolute Gasteiger partial charge is 0.307 e. The van der Waals surface area contributed by atoms with Crippen molar-refractivity contribution in [2.24, 2.45) is 0 Å². The van der Waals surface area contributed by atoms with Crippen molar-refractivity contribution >= 4 is 29.0 Å². The molecule has 8 heteroatoms. The molecule has 0 aliphatic carbocycles. The van der Waals surface area contributed by atoms with Crippen LogP contribution in [0.5, 0.6) is 0 Å². The number of non-ortho nitro benzene ring substituents is 1. The van der Waals surface area contributed by atoms with Gasteiger partial charge in [-0.3, -0.25) is 14.9 Å². The zero-order chi connectivity index (χ0) is 17.8. The molecular formula is C17H13ClN4O3. The Hall–Kier alpha value is -3.19. The van der Waals surface area contributed by atoms with Gasteiger partial charge in [0.05, 0.1) is 17.7 Å². The summed E-state index contributed by atoms with van der Waals surface area (Å²) in [6.07, 6.45) is 1.56. The minimum atomic E-state index is -0.541. The number of nitro benzene ring substituents is 1. The van der Waals surface area contributed by atoms with Crippen molar-refractivity contribution < 1.29 is 9.72 Å². The van der Waals surface area contributed by atoms with Crippen molar-refractivity contribution in [3.05, 3.63) is 87.1 Å². The first-order valence-corrected chi connectivity index (χ1v) is 7.73. The van der Waals surface area contributed by atoms with Gasteiger partial charge in [0.25, 0.3) is 11.6 Å². The number of nitrogens with zero attached hydrogens (tertiary/aromatic N) is 3. The number of benzene rings is 2. The summed E-state index contributed by atoms with van der Waals surface area (Å²) in [5.74, 6) is 0.0352. The molecule has 1 N–H and O–H groups in total. The average Bonchev–Trinajstić information content (AvgIpc) is 3.01. The van der Waals surface area contributed by atoms with E-state index in [2.05, 4.69) is 10.4 Å². The summed E-state index contributed by atoms with van der Waals surface area (Å²) in [5.41, 5.74) is 0.992. The highest BCUT2D eigenvalue weighted by atomic mass is 35.5. The Morgan fingerprint density at radius 1 is 1.20 bits per heavy atom. The van der Waals surface area contributed by atoms with Crippen molar-refractivity contribution in [2.45, 2.75) is 6.54 Å². The van der Waals surface area contributed by atoms with Crippen LogP contribution >= 0.6 is 11.6 Å². The second-order valence-corrected chi connectivity index (χ2v) is 5.70. The van der Waals surface area contributed by atoms with E-state index in [-0.39, 0.29) is 11.3 Å². The summed E-state index contributed by atoms with van der Waals surface area (Å²) in [7, 11) is 0. The predicted molar refractivity (Wildman–Crippen MR) is 93.8 cm³/mol. The Morgan fingerprint density at radius 2 is 2.00 bits per heavy atom. The highest BCUT2D eigenvalue weighted by molar-refractivity contribution is 6.30. The molecule has 3 aromatic rings. The van der Waals surface area contributed by atoms with Gasteiger partial charge < -0.3 is 5.32 Å². The number of rotatable bonds is 5. The van der Waals surface area contributed by atoms with Gasteiger partial charge in [-0.2, -0.15) is 5.10 Å². The predicted octanol–water partition coefficient (Wildman–Crippen LogP) is 3.75. The van der Waals surface area contributed by atoms with Crippen LogP contribution in [0.2, 0.25) is 5.02 Å². The van der Waals surface area contributed by atoms with Gasteiger partial charge in [0.2, 0.25) is 0 Å². The minimum absolute atomic E-state index is 0.139. The van der Waals surface area contributed by atoms with Gasteiger partial charge in [0.1, 0.15) is 5.82 Å². The van der Waals surface area contributed by atoms with Gasteiger partial charge in [-0.1, -0.05) is 29.8 Å². The molecule has 0 unspecified atom stereocenters. The van der Waals surface area contributed by atoms with E-state index < -0.39 is 10.8 Å². The van der Waals surface area contributed by atoms with Crippen molar-refractivity contribution in [1.82, 2.24) is 9.78 Å². The lowest BCUT2D eigenvalue weighted by Gasteiger charge is -2.09. The lowest BCUT2D eigenvalue weighted by Crippen LogP contribution is -2.16. The maximum absolute atomic E-state index is 12.3. The van der Waals surface area contributed by atoms with E-state index in [4.69, 9.17) is 11.6 Å². The number of nitrogens with one attached hydrogen (secondary N) is 1. The summed E-state index contributed by atoms with van der Waals surface area (Å²) in [6.45, 7) is 0.429. The fraction of sp³-hybridized carbons (Fsp3) is 0.0588. The first-order chi connectivity index (χ1) is 12.0. The fourth-order valence-corrected chi connectivity index (χ4v) is 2.54. The fourth-order valence-electron chi connectivity index (χ4n) is 2.32. The van der Waals surface area contributed by atoms with E-state index in [0.717, 1.165) is 5.56 Å². The molecule has 1 amide bonds. The smallest absolute Gasteiger partial charge is 0.270 e. The van der Waals surface area contributed by atoms with Crippen LogP contribution in [-0.2, 0) is 6.54 Å². The molecule has 0 fully saturated rings. The standard InChI is InChI=1S/C17H13ClN4O3/c18-14-5-1-3-12(9-14)11-21-16(7-8-19-21)20-17(23)13-4-2-6-15(10-13)22(24)25/h1-10H,11H2,(H,20,23). The lowest BCUT2D eigenvalue weighted by molar-refractivity contribution is -0.384. The number of hydrogen-bond donors (Lipinski definition) is 1. The Morgan fingerprint density at radius 3 is 2.76 bits per heavy atom. The Bertz CT molecular complexity index is 939. The van der Waals surface area contributed by atoms with Gasteiger partial charge in [-0.05, 0) is 23.8 Å². The lowest BCUT2D eigenvalue weighted by atomic mass is 10.2. The van der Waals surface area contributed by atoms with E-state index in [9.17, 15) is 14.9 Å². The molecule has 1 aromatic heterocycles. The topological polar surface area (TPSA) is 90.1 Å². The number of carbonyl (C=O) groups is 1. The molecule has 0 aliphatic rings. The quantitative estimate of drug-likeness (QED) is 0.557. The highest BCUT2D eigenvalue weighted by Crippen LogP contribution is 2.17. The number of amides is 1. The summed E-state index contributed by atoms with van der Waals surface area (Å²) in [5, 5.41) is 18.3. The van der Waals surface area contributed by atoms with Crippen molar-refractivity contribution in [1.29, 1.82) is 0 Å². The number of carbonyl (C=O) groups excluding carboxylic acids is 1. The van der Waals surface area contributed by atoms with E-state index in [0.29, 0.717) is 17.4 Å². The van der Waals surface area contributed by atoms with E-state index in [1.54, 1.807) is 23.0 Å². The van der Waals surface area contributed by atoms with Crippen LogP contribution < -0.4 is 5.32 Å². The number of halogens is 1. The molecule has 25 heavy (non-hydrogen) atoms. The Kier molecular flexibility index (Phi) is 4.76. The first kappa shape index (κ1) is 16.7. The van der Waals surface area contributed by atoms with E-state index >= 15 is 0 Å². The molecule has 7 nitrogen and oxygen atoms in total. The Balaban J connectivity index is 1.78. The molecular weight excluding hydrogens is 344 g/mol. The van der Waals surface area contributed by atoms with Gasteiger partial charge >= 0.3 is 0 Å². The zero-order valence-electron chi connectivity index (χ0n) is 12.9. The Labute approximate surface area is 148 Å². The maximum Gasteiger partial charge on any atom is 0.270 e. The third-order valence-corrected chi connectivity index (χ3v) is 3.73. The minimum Gasteiger partial charge on any atom is -0.307 e. The highest BCUT2D eigenvalue weighted by Gasteiger charge is 2.13. The first-order valence-electron chi connectivity index (χ1n) is 7.35. The molecule has 0 atom stereocenters. The molecule has 0 saturated heterocycles. The molecule has 0 aliphatic heterocycles. The molecule has 2 aromatic carbocycles. The van der Waals surface area contributed by atoms with Gasteiger partial charge in [-0.25, -0.2) is 4.68 Å². The molecule has 0 bridgehead atoms. The van der Waals surface area contributed by atoms with Gasteiger partial charge in [0, 0.05) is 28.8 Å². The second kappa shape index (κ2) is 7.14. The van der Waals surface area contributed by atoms with Crippen LogP contribution in [-0.4, -0.2) is 20.6 Å². The van der Waals surface area contributed by atoms with Crippen LogP contribution in [0.4, 0.5) is 11.5 Å². The second-order valence-electron chi connectivity index (χ2n) is 5.27. The number of anilines is 1. The summed E-state index contributed by atoms with van der Waals surface area (Å²) < 4.78 is 1.61. The van der Waals surface area contributed by atoms with E-state index in [1.165, 1.54) is 24.3 Å². The third kappa shape index (κ3) is 4.02. The molecule has 0 radical (unpaired) electrons. The van der Waals surface area contributed by atoms with Crippen LogP contribution in [0.1, 0.15) is 15.9 Å². The molecule has 0 spiro atoms. The van der Waals surface area contributed by atoms with E-state index in [1.807, 2.05) is 18.2 Å². The van der Waals surface area contributed by atoms with Crippen molar-refractivity contribution in [3.63, 3.8) is 0 Å². The van der Waals surface area contributed by atoms with Crippen LogP contribution in [0, 0.1) is 10.1 Å². The maximum atomic E-state index is 12.3. The molecule has 3 rings (SSSR count). The number of nitro groups is 1.